The Labute approximate surface area is 128 Å². The molecule has 0 bridgehead atoms. The Morgan fingerprint density at radius 3 is 2.45 bits per heavy atom. The maximum absolute atomic E-state index is 13.1. The predicted octanol–water partition coefficient (Wildman–Crippen LogP) is 4.26. The van der Waals surface area contributed by atoms with Gasteiger partial charge in [-0.15, -0.1) is 0 Å². The van der Waals surface area contributed by atoms with Crippen LogP contribution in [0.3, 0.4) is 0 Å². The first-order valence-electron chi connectivity index (χ1n) is 6.78. The highest BCUT2D eigenvalue weighted by Crippen LogP contribution is 2.22. The van der Waals surface area contributed by atoms with E-state index in [0.29, 0.717) is 12.5 Å². The van der Waals surface area contributed by atoms with E-state index in [0.717, 1.165) is 22.9 Å². The summed E-state index contributed by atoms with van der Waals surface area (Å²) < 4.78 is 14.3. The molecule has 3 heteroatoms. The highest BCUT2D eigenvalue weighted by atomic mass is 79.9. The third-order valence-electron chi connectivity index (χ3n) is 3.61. The molecule has 1 nitrogen and oxygen atoms in total. The third kappa shape index (κ3) is 3.90. The second-order valence-corrected chi connectivity index (χ2v) is 6.03. The van der Waals surface area contributed by atoms with E-state index in [4.69, 9.17) is 5.73 Å². The molecule has 1 unspecified atom stereocenters. The lowest BCUT2D eigenvalue weighted by Gasteiger charge is -2.17. The summed E-state index contributed by atoms with van der Waals surface area (Å²) >= 11 is 3.57. The summed E-state index contributed by atoms with van der Waals surface area (Å²) in [5.74, 6) is 0.180. The molecule has 2 rings (SSSR count). The zero-order valence-corrected chi connectivity index (χ0v) is 13.2. The van der Waals surface area contributed by atoms with Crippen molar-refractivity contribution in [2.24, 2.45) is 11.7 Å². The van der Waals surface area contributed by atoms with Crippen LogP contribution in [0.5, 0.6) is 0 Å². The molecule has 0 aromatic heterocycles. The molecule has 2 N–H and O–H groups in total. The summed E-state index contributed by atoms with van der Waals surface area (Å²) in [7, 11) is 0. The van der Waals surface area contributed by atoms with Crippen molar-refractivity contribution in [1.82, 2.24) is 0 Å². The van der Waals surface area contributed by atoms with Crippen LogP contribution in [0.25, 0.3) is 0 Å². The zero-order chi connectivity index (χ0) is 14.5. The number of benzene rings is 2. The second kappa shape index (κ2) is 7.00. The van der Waals surface area contributed by atoms with E-state index in [1.54, 1.807) is 6.07 Å². The van der Waals surface area contributed by atoms with Gasteiger partial charge in [0, 0.05) is 4.47 Å². The van der Waals surface area contributed by atoms with E-state index >= 15 is 0 Å². The summed E-state index contributed by atoms with van der Waals surface area (Å²) in [6.07, 6.45) is 1.80. The van der Waals surface area contributed by atoms with Gasteiger partial charge in [0.05, 0.1) is 0 Å². The molecule has 0 aliphatic rings. The van der Waals surface area contributed by atoms with Gasteiger partial charge in [-0.2, -0.15) is 0 Å². The van der Waals surface area contributed by atoms with Crippen LogP contribution in [0, 0.1) is 18.7 Å². The molecule has 20 heavy (non-hydrogen) atoms. The molecule has 0 fully saturated rings. The largest absolute Gasteiger partial charge is 0.330 e. The molecule has 0 aliphatic heterocycles. The standard InChI is InChI=1S/C17H19BrFN/c1-12-8-16(19)7-6-14(12)9-13(11-20)10-15-4-2-3-5-17(15)18/h2-8,13H,9-11,20H2,1H3. The Kier molecular flexibility index (Phi) is 5.32. The van der Waals surface area contributed by atoms with Crippen LogP contribution in [-0.4, -0.2) is 6.54 Å². The summed E-state index contributed by atoms with van der Waals surface area (Å²) in [5.41, 5.74) is 9.35. The lowest BCUT2D eigenvalue weighted by atomic mass is 9.91. The molecule has 106 valence electrons. The first-order valence-corrected chi connectivity index (χ1v) is 7.58. The lowest BCUT2D eigenvalue weighted by Crippen LogP contribution is -2.20. The van der Waals surface area contributed by atoms with Crippen molar-refractivity contribution in [3.8, 4) is 0 Å². The Balaban J connectivity index is 2.11. The Bertz CT molecular complexity index is 583. The van der Waals surface area contributed by atoms with Gasteiger partial charge in [0.15, 0.2) is 0 Å². The molecule has 2 aromatic carbocycles. The number of nitrogens with two attached hydrogens (primary N) is 1. The number of rotatable bonds is 5. The maximum Gasteiger partial charge on any atom is 0.123 e. The normalized spacial score (nSPS) is 12.4. The molecule has 0 radical (unpaired) electrons. The minimum atomic E-state index is -0.179. The number of hydrogen-bond donors (Lipinski definition) is 1. The first kappa shape index (κ1) is 15.2. The summed E-state index contributed by atoms with van der Waals surface area (Å²) in [4.78, 5) is 0. The fourth-order valence-corrected chi connectivity index (χ4v) is 2.86. The van der Waals surface area contributed by atoms with Crippen LogP contribution in [-0.2, 0) is 12.8 Å². The fraction of sp³-hybridized carbons (Fsp3) is 0.294. The van der Waals surface area contributed by atoms with Gasteiger partial charge in [-0.1, -0.05) is 40.2 Å². The van der Waals surface area contributed by atoms with Gasteiger partial charge in [0.1, 0.15) is 5.82 Å². The zero-order valence-electron chi connectivity index (χ0n) is 11.6. The average molecular weight is 336 g/mol. The Hall–Kier alpha value is -1.19. The third-order valence-corrected chi connectivity index (χ3v) is 4.39. The van der Waals surface area contributed by atoms with E-state index in [9.17, 15) is 4.39 Å². The molecule has 2 aromatic rings. The van der Waals surface area contributed by atoms with Crippen molar-refractivity contribution >= 4 is 15.9 Å². The van der Waals surface area contributed by atoms with E-state index in [2.05, 4.69) is 22.0 Å². The topological polar surface area (TPSA) is 26.0 Å². The molecule has 0 saturated heterocycles. The summed E-state index contributed by atoms with van der Waals surface area (Å²) in [5, 5.41) is 0. The fourth-order valence-electron chi connectivity index (χ4n) is 2.41. The molecule has 0 spiro atoms. The number of halogens is 2. The van der Waals surface area contributed by atoms with E-state index in [-0.39, 0.29) is 5.82 Å². The average Bonchev–Trinajstić information content (AvgIpc) is 2.43. The smallest absolute Gasteiger partial charge is 0.123 e. The number of hydrogen-bond acceptors (Lipinski definition) is 1. The van der Waals surface area contributed by atoms with Crippen LogP contribution >= 0.6 is 15.9 Å². The van der Waals surface area contributed by atoms with Crippen LogP contribution in [0.4, 0.5) is 4.39 Å². The van der Waals surface area contributed by atoms with Gasteiger partial charge >= 0.3 is 0 Å². The first-order chi connectivity index (χ1) is 9.60. The maximum atomic E-state index is 13.1. The monoisotopic (exact) mass is 335 g/mol. The van der Waals surface area contributed by atoms with Gasteiger partial charge in [-0.3, -0.25) is 0 Å². The number of aryl methyl sites for hydroxylation is 1. The minimum absolute atomic E-state index is 0.179. The van der Waals surface area contributed by atoms with Crippen molar-refractivity contribution in [3.05, 3.63) is 69.4 Å². The van der Waals surface area contributed by atoms with Crippen molar-refractivity contribution < 1.29 is 4.39 Å². The summed E-state index contributed by atoms with van der Waals surface area (Å²) in [6, 6.07) is 13.2. The van der Waals surface area contributed by atoms with Gasteiger partial charge in [0.25, 0.3) is 0 Å². The predicted molar refractivity (Wildman–Crippen MR) is 85.2 cm³/mol. The summed E-state index contributed by atoms with van der Waals surface area (Å²) in [6.45, 7) is 2.57. The molecule has 1 atom stereocenters. The van der Waals surface area contributed by atoms with Crippen LogP contribution in [0.1, 0.15) is 16.7 Å². The van der Waals surface area contributed by atoms with Gasteiger partial charge in [0.2, 0.25) is 0 Å². The molecular formula is C17H19BrFN. The van der Waals surface area contributed by atoms with Crippen molar-refractivity contribution in [3.63, 3.8) is 0 Å². The lowest BCUT2D eigenvalue weighted by molar-refractivity contribution is 0.530. The van der Waals surface area contributed by atoms with Crippen LogP contribution in [0.2, 0.25) is 0 Å². The van der Waals surface area contributed by atoms with Crippen LogP contribution in [0.15, 0.2) is 46.9 Å². The van der Waals surface area contributed by atoms with Gasteiger partial charge in [-0.05, 0) is 67.1 Å². The molecule has 0 aliphatic carbocycles. The minimum Gasteiger partial charge on any atom is -0.330 e. The van der Waals surface area contributed by atoms with E-state index in [1.807, 2.05) is 31.2 Å². The van der Waals surface area contributed by atoms with E-state index in [1.165, 1.54) is 17.2 Å². The highest BCUT2D eigenvalue weighted by Gasteiger charge is 2.12. The van der Waals surface area contributed by atoms with Crippen molar-refractivity contribution in [1.29, 1.82) is 0 Å². The quantitative estimate of drug-likeness (QED) is 0.868. The molecular weight excluding hydrogens is 317 g/mol. The molecule has 0 saturated carbocycles. The van der Waals surface area contributed by atoms with Crippen LogP contribution < -0.4 is 5.73 Å². The SMILES string of the molecule is Cc1cc(F)ccc1CC(CN)Cc1ccccc1Br. The Morgan fingerprint density at radius 1 is 1.10 bits per heavy atom. The van der Waals surface area contributed by atoms with Crippen molar-refractivity contribution in [2.75, 3.05) is 6.54 Å². The van der Waals surface area contributed by atoms with Crippen molar-refractivity contribution in [2.45, 2.75) is 19.8 Å². The highest BCUT2D eigenvalue weighted by molar-refractivity contribution is 9.10. The Morgan fingerprint density at radius 2 is 1.80 bits per heavy atom. The molecule has 0 amide bonds. The van der Waals surface area contributed by atoms with Gasteiger partial charge < -0.3 is 5.73 Å². The second-order valence-electron chi connectivity index (χ2n) is 5.17. The van der Waals surface area contributed by atoms with E-state index < -0.39 is 0 Å². The molecule has 0 heterocycles. The van der Waals surface area contributed by atoms with Gasteiger partial charge in [-0.25, -0.2) is 4.39 Å².